The summed E-state index contributed by atoms with van der Waals surface area (Å²) in [5.74, 6) is -1.11. The maximum Gasteiger partial charge on any atom is 0.412 e. The van der Waals surface area contributed by atoms with Gasteiger partial charge in [0.1, 0.15) is 23.0 Å². The van der Waals surface area contributed by atoms with E-state index in [1.807, 2.05) is 22.6 Å². The molecule has 4 rings (SSSR count). The van der Waals surface area contributed by atoms with E-state index in [2.05, 4.69) is 16.6 Å². The lowest BCUT2D eigenvalue weighted by molar-refractivity contribution is 0.0636. The van der Waals surface area contributed by atoms with Crippen molar-refractivity contribution in [1.82, 2.24) is 0 Å². The monoisotopic (exact) mass is 696 g/mol. The fraction of sp³-hybridized carbons (Fsp3) is 0.300. The van der Waals surface area contributed by atoms with Crippen molar-refractivity contribution in [3.05, 3.63) is 93.6 Å². The third-order valence-electron chi connectivity index (χ3n) is 6.38. The summed E-state index contributed by atoms with van der Waals surface area (Å²) in [6.07, 6.45) is 1.94. The summed E-state index contributed by atoms with van der Waals surface area (Å²) in [6.45, 7) is 8.89. The Hall–Kier alpha value is -3.19. The Kier molecular flexibility index (Phi) is 8.98. The molecule has 0 bridgehead atoms. The highest BCUT2D eigenvalue weighted by Crippen LogP contribution is 2.48. The largest absolute Gasteiger partial charge is 0.455 e. The number of amides is 1. The Bertz CT molecular complexity index is 1580. The Morgan fingerprint density at radius 2 is 1.83 bits per heavy atom. The predicted molar refractivity (Wildman–Crippen MR) is 164 cm³/mol. The molecule has 0 atom stereocenters. The standard InChI is InChI=1S/C30H31F2IN2O5S/c1-5-11-30(12-13-30)41(37,38)35-27-20(14-19-9-10-22(33)17-25(19)32)15-21(31)16-26(27)39-24-8-6-7-23(18-24)34-28(36)40-29(2,3)4/h5-10,15-18,35H,1,11-14H2,2-4H3,(H,34,36). The van der Waals surface area contributed by atoms with Crippen LogP contribution in [0, 0.1) is 15.2 Å². The van der Waals surface area contributed by atoms with Crippen molar-refractivity contribution in [3.63, 3.8) is 0 Å². The summed E-state index contributed by atoms with van der Waals surface area (Å²) in [5.41, 5.74) is 0.104. The second-order valence-electron chi connectivity index (χ2n) is 10.9. The van der Waals surface area contributed by atoms with Gasteiger partial charge in [0.2, 0.25) is 10.0 Å². The van der Waals surface area contributed by atoms with E-state index in [4.69, 9.17) is 9.47 Å². The van der Waals surface area contributed by atoms with Crippen molar-refractivity contribution < 1.29 is 31.5 Å². The summed E-state index contributed by atoms with van der Waals surface area (Å²) in [5, 5.41) is 2.61. The zero-order valence-electron chi connectivity index (χ0n) is 22.9. The minimum Gasteiger partial charge on any atom is -0.455 e. The molecule has 0 aliphatic heterocycles. The van der Waals surface area contributed by atoms with Gasteiger partial charge in [-0.2, -0.15) is 0 Å². The highest BCUT2D eigenvalue weighted by molar-refractivity contribution is 14.1. The van der Waals surface area contributed by atoms with Crippen LogP contribution in [0.4, 0.5) is 25.0 Å². The molecule has 1 aliphatic carbocycles. The van der Waals surface area contributed by atoms with Crippen molar-refractivity contribution in [2.24, 2.45) is 0 Å². The molecule has 1 amide bonds. The Morgan fingerprint density at radius 1 is 1.10 bits per heavy atom. The van der Waals surface area contributed by atoms with E-state index < -0.39 is 38.1 Å². The normalized spacial score (nSPS) is 14.2. The molecule has 3 aromatic carbocycles. The van der Waals surface area contributed by atoms with Gasteiger partial charge in [0.05, 0.1) is 10.4 Å². The molecule has 0 saturated heterocycles. The molecule has 0 radical (unpaired) electrons. The second-order valence-corrected chi connectivity index (χ2v) is 14.2. The molecule has 11 heteroatoms. The van der Waals surface area contributed by atoms with Gasteiger partial charge in [-0.05, 0) is 104 Å². The van der Waals surface area contributed by atoms with Crippen molar-refractivity contribution in [2.75, 3.05) is 10.0 Å². The fourth-order valence-corrected chi connectivity index (χ4v) is 6.40. The summed E-state index contributed by atoms with van der Waals surface area (Å²) < 4.78 is 70.4. The van der Waals surface area contributed by atoms with Crippen molar-refractivity contribution in [3.8, 4) is 11.5 Å². The van der Waals surface area contributed by atoms with Crippen LogP contribution < -0.4 is 14.8 Å². The zero-order chi connectivity index (χ0) is 30.0. The number of allylic oxidation sites excluding steroid dienone is 1. The first-order chi connectivity index (χ1) is 19.2. The third kappa shape index (κ3) is 7.76. The molecule has 0 unspecified atom stereocenters. The second kappa shape index (κ2) is 12.0. The molecule has 0 heterocycles. The lowest BCUT2D eigenvalue weighted by Gasteiger charge is -2.22. The number of halogens is 3. The van der Waals surface area contributed by atoms with Crippen LogP contribution in [0.2, 0.25) is 0 Å². The Balaban J connectivity index is 1.73. The molecule has 7 nitrogen and oxygen atoms in total. The molecule has 0 spiro atoms. The summed E-state index contributed by atoms with van der Waals surface area (Å²) in [6, 6.07) is 13.1. The highest BCUT2D eigenvalue weighted by atomic mass is 127. The van der Waals surface area contributed by atoms with Crippen LogP contribution in [0.15, 0.2) is 67.3 Å². The Labute approximate surface area is 252 Å². The number of carbonyl (C=O) groups is 1. The molecule has 218 valence electrons. The van der Waals surface area contributed by atoms with Gasteiger partial charge in [0.15, 0.2) is 5.75 Å². The SMILES string of the molecule is C=CCC1(S(=O)(=O)Nc2c(Cc3ccc(I)cc3F)cc(F)cc2Oc2cccc(NC(=O)OC(C)(C)C)c2)CC1. The number of ether oxygens (including phenoxy) is 2. The number of benzene rings is 3. The molecule has 1 saturated carbocycles. The Morgan fingerprint density at radius 3 is 2.46 bits per heavy atom. The number of anilines is 2. The van der Waals surface area contributed by atoms with Gasteiger partial charge in [0, 0.05) is 27.8 Å². The quantitative estimate of drug-likeness (QED) is 0.165. The van der Waals surface area contributed by atoms with E-state index in [0.717, 1.165) is 12.1 Å². The lowest BCUT2D eigenvalue weighted by atomic mass is 10.0. The topological polar surface area (TPSA) is 93.7 Å². The molecule has 2 N–H and O–H groups in total. The van der Waals surface area contributed by atoms with E-state index in [1.165, 1.54) is 12.1 Å². The number of rotatable bonds is 10. The van der Waals surface area contributed by atoms with Gasteiger partial charge in [-0.15, -0.1) is 6.58 Å². The van der Waals surface area contributed by atoms with E-state index >= 15 is 0 Å². The summed E-state index contributed by atoms with van der Waals surface area (Å²) >= 11 is 1.99. The summed E-state index contributed by atoms with van der Waals surface area (Å²) in [7, 11) is -3.96. The minimum atomic E-state index is -3.96. The van der Waals surface area contributed by atoms with Crippen molar-refractivity contribution in [2.45, 2.75) is 56.8 Å². The number of hydrogen-bond acceptors (Lipinski definition) is 5. The van der Waals surface area contributed by atoms with Crippen molar-refractivity contribution in [1.29, 1.82) is 0 Å². The average Bonchev–Trinajstić information content (AvgIpc) is 3.64. The molecular formula is C30H31F2IN2O5S. The number of carbonyl (C=O) groups excluding carboxylic acids is 1. The fourth-order valence-electron chi connectivity index (χ4n) is 4.26. The van der Waals surface area contributed by atoms with E-state index in [9.17, 15) is 22.0 Å². The van der Waals surface area contributed by atoms with Crippen LogP contribution in [0.1, 0.15) is 51.2 Å². The molecule has 0 aromatic heterocycles. The maximum absolute atomic E-state index is 14.9. The van der Waals surface area contributed by atoms with Gasteiger partial charge in [-0.3, -0.25) is 10.0 Å². The summed E-state index contributed by atoms with van der Waals surface area (Å²) in [4.78, 5) is 12.2. The van der Waals surface area contributed by atoms with Crippen LogP contribution in [0.5, 0.6) is 11.5 Å². The van der Waals surface area contributed by atoms with Crippen LogP contribution in [-0.2, 0) is 21.2 Å². The smallest absolute Gasteiger partial charge is 0.412 e. The molecule has 1 aliphatic rings. The van der Waals surface area contributed by atoms with Gasteiger partial charge in [0.25, 0.3) is 0 Å². The van der Waals surface area contributed by atoms with Gasteiger partial charge in [-0.25, -0.2) is 22.0 Å². The van der Waals surface area contributed by atoms with E-state index in [0.29, 0.717) is 22.1 Å². The first-order valence-corrected chi connectivity index (χ1v) is 15.4. The molecule has 41 heavy (non-hydrogen) atoms. The lowest BCUT2D eigenvalue weighted by Crippen LogP contribution is -2.30. The van der Waals surface area contributed by atoms with E-state index in [1.54, 1.807) is 57.2 Å². The number of sulfonamides is 1. The average molecular weight is 697 g/mol. The first kappa shape index (κ1) is 30.8. The number of nitrogens with one attached hydrogen (secondary N) is 2. The van der Waals surface area contributed by atoms with Crippen molar-refractivity contribution >= 4 is 50.1 Å². The van der Waals surface area contributed by atoms with E-state index in [-0.39, 0.29) is 41.2 Å². The molecule has 3 aromatic rings. The van der Waals surface area contributed by atoms with Gasteiger partial charge >= 0.3 is 6.09 Å². The minimum absolute atomic E-state index is 0.00481. The maximum atomic E-state index is 14.9. The molecule has 1 fully saturated rings. The van der Waals surface area contributed by atoms with Crippen LogP contribution in [0.25, 0.3) is 0 Å². The van der Waals surface area contributed by atoms with Gasteiger partial charge < -0.3 is 9.47 Å². The number of hydrogen-bond donors (Lipinski definition) is 2. The molecular weight excluding hydrogens is 665 g/mol. The van der Waals surface area contributed by atoms with Crippen LogP contribution in [0.3, 0.4) is 0 Å². The highest BCUT2D eigenvalue weighted by Gasteiger charge is 2.53. The first-order valence-electron chi connectivity index (χ1n) is 12.9. The van der Waals surface area contributed by atoms with Crippen LogP contribution >= 0.6 is 22.6 Å². The third-order valence-corrected chi connectivity index (χ3v) is 9.24. The predicted octanol–water partition coefficient (Wildman–Crippen LogP) is 8.15. The van der Waals surface area contributed by atoms with Crippen LogP contribution in [-0.4, -0.2) is 24.9 Å². The zero-order valence-corrected chi connectivity index (χ0v) is 25.9. The van der Waals surface area contributed by atoms with Gasteiger partial charge in [-0.1, -0.05) is 18.2 Å².